The number of rotatable bonds is 1. The highest BCUT2D eigenvalue weighted by Gasteiger charge is 2.07. The first kappa shape index (κ1) is 8.31. The third-order valence-electron chi connectivity index (χ3n) is 1.76. The molecule has 2 N–H and O–H groups in total. The number of fused-ring (bicyclic) bond motifs is 1. The van der Waals surface area contributed by atoms with Crippen LogP contribution in [0.15, 0.2) is 12.5 Å². The van der Waals surface area contributed by atoms with Gasteiger partial charge in [0, 0.05) is 0 Å². The molecule has 2 heterocycles. The van der Waals surface area contributed by atoms with Gasteiger partial charge in [0.25, 0.3) is 0 Å². The van der Waals surface area contributed by atoms with Crippen LogP contribution >= 0.6 is 11.1 Å². The Balaban J connectivity index is 2.75. The van der Waals surface area contributed by atoms with Gasteiger partial charge in [-0.1, -0.05) is 0 Å². The molecular weight excluding hydrogens is 186 g/mol. The van der Waals surface area contributed by atoms with Crippen molar-refractivity contribution in [3.63, 3.8) is 0 Å². The fourth-order valence-corrected chi connectivity index (χ4v) is 1.94. The van der Waals surface area contributed by atoms with Gasteiger partial charge in [-0.15, -0.1) is 0 Å². The van der Waals surface area contributed by atoms with E-state index in [-0.39, 0.29) is 11.1 Å². The molecule has 0 unspecified atom stereocenters. The van der Waals surface area contributed by atoms with Gasteiger partial charge in [-0.25, -0.2) is 14.1 Å². The van der Waals surface area contributed by atoms with Crippen molar-refractivity contribution >= 4 is 27.9 Å². The van der Waals surface area contributed by atoms with Crippen LogP contribution in [0, 0.1) is 0 Å². The molecule has 0 amide bonds. The molecule has 0 aliphatic heterocycles. The van der Waals surface area contributed by atoms with Crippen LogP contribution in [0.1, 0.15) is 0 Å². The van der Waals surface area contributed by atoms with Gasteiger partial charge in [-0.3, -0.25) is 0 Å². The fourth-order valence-electron chi connectivity index (χ4n) is 1.14. The molecule has 0 aliphatic rings. The summed E-state index contributed by atoms with van der Waals surface area (Å²) < 4.78 is 1.89. The predicted molar refractivity (Wildman–Crippen MR) is 56.0 cm³/mol. The van der Waals surface area contributed by atoms with Crippen LogP contribution in [0.4, 0.5) is 5.82 Å². The summed E-state index contributed by atoms with van der Waals surface area (Å²) in [5, 5.41) is 5.05. The molecule has 0 aliphatic carbocycles. The maximum atomic E-state index is 5.67. The van der Waals surface area contributed by atoms with Gasteiger partial charge in [-0.2, -0.15) is 16.2 Å². The number of anilines is 1. The van der Waals surface area contributed by atoms with E-state index in [1.807, 2.05) is 4.09 Å². The zero-order valence-corrected chi connectivity index (χ0v) is 8.36. The first-order valence-electron chi connectivity index (χ1n) is 3.82. The summed E-state index contributed by atoms with van der Waals surface area (Å²) in [6.07, 6.45) is 7.40. The van der Waals surface area contributed by atoms with Crippen molar-refractivity contribution < 1.29 is 0 Å². The Kier molecular flexibility index (Phi) is 1.84. The minimum Gasteiger partial charge on any atom is -0.383 e. The van der Waals surface area contributed by atoms with Crippen molar-refractivity contribution in [3.8, 4) is 0 Å². The number of nitrogens with two attached hydrogens (primary N) is 1. The van der Waals surface area contributed by atoms with Crippen LogP contribution in [0.5, 0.6) is 0 Å². The standard InChI is InChI=1S/C7H11N5S/c1-13(2)12-7-5(3-11-12)6(8)9-4-10-7/h3-4,13H,1-2H3,(H2,8,9,10). The highest BCUT2D eigenvalue weighted by molar-refractivity contribution is 8.14. The summed E-state index contributed by atoms with van der Waals surface area (Å²) in [6.45, 7) is 0. The Hall–Kier alpha value is -1.30. The number of aromatic nitrogens is 4. The van der Waals surface area contributed by atoms with Crippen LogP contribution in [-0.2, 0) is 0 Å². The molecule has 13 heavy (non-hydrogen) atoms. The van der Waals surface area contributed by atoms with Crippen LogP contribution in [0.3, 0.4) is 0 Å². The van der Waals surface area contributed by atoms with Gasteiger partial charge in [0.15, 0.2) is 5.65 Å². The van der Waals surface area contributed by atoms with Gasteiger partial charge >= 0.3 is 0 Å². The summed E-state index contributed by atoms with van der Waals surface area (Å²) in [7, 11) is 0. The van der Waals surface area contributed by atoms with Crippen LogP contribution < -0.4 is 5.73 Å². The Morgan fingerprint density at radius 2 is 2.15 bits per heavy atom. The zero-order chi connectivity index (χ0) is 9.42. The molecule has 0 fully saturated rings. The number of nitrogens with zero attached hydrogens (tertiary/aromatic N) is 4. The molecule has 2 aromatic rings. The summed E-state index contributed by atoms with van der Waals surface area (Å²) in [5.74, 6) is 0.494. The fraction of sp³-hybridized carbons (Fsp3) is 0.286. The molecule has 0 aromatic carbocycles. The Morgan fingerprint density at radius 1 is 1.38 bits per heavy atom. The van der Waals surface area contributed by atoms with Gasteiger partial charge in [0.05, 0.1) is 11.6 Å². The lowest BCUT2D eigenvalue weighted by Gasteiger charge is -2.09. The van der Waals surface area contributed by atoms with Crippen LogP contribution in [0.25, 0.3) is 11.0 Å². The topological polar surface area (TPSA) is 69.6 Å². The highest BCUT2D eigenvalue weighted by Crippen LogP contribution is 2.24. The van der Waals surface area contributed by atoms with E-state index in [2.05, 4.69) is 27.6 Å². The SMILES string of the molecule is C[SH](C)n1ncc2c(N)ncnc21. The Morgan fingerprint density at radius 3 is 2.85 bits per heavy atom. The lowest BCUT2D eigenvalue weighted by atomic mass is 10.4. The van der Waals surface area contributed by atoms with Gasteiger partial charge in [0.2, 0.25) is 0 Å². The zero-order valence-electron chi connectivity index (χ0n) is 7.47. The average molecular weight is 197 g/mol. The summed E-state index contributed by atoms with van der Waals surface area (Å²) in [6, 6.07) is 0. The second-order valence-electron chi connectivity index (χ2n) is 2.88. The average Bonchev–Trinajstić information content (AvgIpc) is 2.48. The third-order valence-corrected chi connectivity index (χ3v) is 2.81. The molecule has 0 atom stereocenters. The van der Waals surface area contributed by atoms with Gasteiger partial charge < -0.3 is 5.73 Å². The molecule has 0 bridgehead atoms. The number of hydrogen-bond donors (Lipinski definition) is 2. The summed E-state index contributed by atoms with van der Waals surface area (Å²) in [5.41, 5.74) is 6.50. The third kappa shape index (κ3) is 1.23. The summed E-state index contributed by atoms with van der Waals surface area (Å²) >= 11 is -0.311. The summed E-state index contributed by atoms with van der Waals surface area (Å²) in [4.78, 5) is 8.05. The minimum atomic E-state index is -0.311. The van der Waals surface area contributed by atoms with E-state index >= 15 is 0 Å². The molecule has 0 spiro atoms. The van der Waals surface area contributed by atoms with Crippen LogP contribution in [-0.4, -0.2) is 31.7 Å². The van der Waals surface area contributed by atoms with E-state index in [0.717, 1.165) is 11.0 Å². The number of hydrogen-bond acceptors (Lipinski definition) is 4. The van der Waals surface area contributed by atoms with Crippen molar-refractivity contribution in [2.45, 2.75) is 0 Å². The number of thiol groups is 1. The molecule has 0 saturated carbocycles. The van der Waals surface area contributed by atoms with Crippen molar-refractivity contribution in [1.82, 2.24) is 19.2 Å². The van der Waals surface area contributed by atoms with E-state index in [1.165, 1.54) is 6.33 Å². The molecule has 0 saturated heterocycles. The molecule has 6 heteroatoms. The Bertz CT molecular complexity index is 435. The maximum absolute atomic E-state index is 5.67. The Labute approximate surface area is 78.5 Å². The van der Waals surface area contributed by atoms with E-state index in [4.69, 9.17) is 5.73 Å². The normalized spacial score (nSPS) is 12.0. The highest BCUT2D eigenvalue weighted by atomic mass is 32.2. The van der Waals surface area contributed by atoms with Crippen molar-refractivity contribution in [3.05, 3.63) is 12.5 Å². The minimum absolute atomic E-state index is 0.311. The van der Waals surface area contributed by atoms with Crippen molar-refractivity contribution in [2.24, 2.45) is 0 Å². The van der Waals surface area contributed by atoms with E-state index in [0.29, 0.717) is 5.82 Å². The van der Waals surface area contributed by atoms with E-state index in [1.54, 1.807) is 6.20 Å². The second kappa shape index (κ2) is 2.88. The lowest BCUT2D eigenvalue weighted by molar-refractivity contribution is 1.01. The molecule has 2 aromatic heterocycles. The molecule has 2 rings (SSSR count). The molecular formula is C7H11N5S. The van der Waals surface area contributed by atoms with Crippen LogP contribution in [0.2, 0.25) is 0 Å². The van der Waals surface area contributed by atoms with Gasteiger partial charge in [-0.05, 0) is 12.5 Å². The van der Waals surface area contributed by atoms with E-state index < -0.39 is 0 Å². The predicted octanol–water partition coefficient (Wildman–Crippen LogP) is 0.432. The quantitative estimate of drug-likeness (QED) is 0.650. The lowest BCUT2D eigenvalue weighted by Crippen LogP contribution is -1.98. The molecule has 5 nitrogen and oxygen atoms in total. The number of nitrogen functional groups attached to an aromatic ring is 1. The van der Waals surface area contributed by atoms with Crippen molar-refractivity contribution in [2.75, 3.05) is 18.2 Å². The largest absolute Gasteiger partial charge is 0.383 e. The maximum Gasteiger partial charge on any atom is 0.172 e. The monoisotopic (exact) mass is 197 g/mol. The van der Waals surface area contributed by atoms with Gasteiger partial charge in [0.1, 0.15) is 12.1 Å². The smallest absolute Gasteiger partial charge is 0.172 e. The molecule has 70 valence electrons. The molecule has 0 radical (unpaired) electrons. The van der Waals surface area contributed by atoms with Crippen molar-refractivity contribution in [1.29, 1.82) is 0 Å². The second-order valence-corrected chi connectivity index (χ2v) is 4.95. The first-order valence-corrected chi connectivity index (χ1v) is 6.01. The first-order chi connectivity index (χ1) is 6.20. The van der Waals surface area contributed by atoms with E-state index in [9.17, 15) is 0 Å².